The highest BCUT2D eigenvalue weighted by molar-refractivity contribution is 5.95. The minimum atomic E-state index is 0.107. The summed E-state index contributed by atoms with van der Waals surface area (Å²) in [6.07, 6.45) is 3.38. The Morgan fingerprint density at radius 3 is 2.52 bits per heavy atom. The number of likely N-dealkylation sites (N-methyl/N-ethyl adjacent to an activating group) is 1. The fourth-order valence-electron chi connectivity index (χ4n) is 2.94. The van der Waals surface area contributed by atoms with Gasteiger partial charge < -0.3 is 15.5 Å². The maximum atomic E-state index is 12.6. The number of rotatable bonds is 2. The van der Waals surface area contributed by atoms with E-state index in [0.29, 0.717) is 5.69 Å². The number of aryl methyl sites for hydroxylation is 1. The van der Waals surface area contributed by atoms with Crippen molar-refractivity contribution >= 4 is 11.6 Å². The monoisotopic (exact) mass is 310 g/mol. The van der Waals surface area contributed by atoms with Crippen LogP contribution in [0.2, 0.25) is 0 Å². The molecule has 120 valence electrons. The number of carbonyl (C=O) groups is 1. The van der Waals surface area contributed by atoms with Crippen LogP contribution in [0.25, 0.3) is 11.1 Å². The van der Waals surface area contributed by atoms with E-state index in [0.717, 1.165) is 48.4 Å². The van der Waals surface area contributed by atoms with E-state index in [1.807, 2.05) is 36.1 Å². The molecular weight excluding hydrogens is 288 g/mol. The predicted molar refractivity (Wildman–Crippen MR) is 92.2 cm³/mol. The van der Waals surface area contributed by atoms with Gasteiger partial charge in [-0.05, 0) is 43.3 Å². The fraction of sp³-hybridized carbons (Fsp3) is 0.333. The van der Waals surface area contributed by atoms with Gasteiger partial charge in [-0.3, -0.25) is 9.78 Å². The first-order valence-electron chi connectivity index (χ1n) is 7.84. The van der Waals surface area contributed by atoms with Crippen LogP contribution >= 0.6 is 0 Å². The second-order valence-corrected chi connectivity index (χ2v) is 6.09. The normalized spacial score (nSPS) is 15.7. The number of pyridine rings is 1. The molecule has 0 spiro atoms. The molecule has 3 rings (SSSR count). The average Bonchev–Trinajstić information content (AvgIpc) is 2.56. The van der Waals surface area contributed by atoms with Crippen LogP contribution in [0, 0.1) is 6.92 Å². The predicted octanol–water partition coefficient (Wildman–Crippen LogP) is 2.03. The highest BCUT2D eigenvalue weighted by Gasteiger charge is 2.20. The van der Waals surface area contributed by atoms with Crippen molar-refractivity contribution in [2.45, 2.75) is 6.92 Å². The largest absolute Gasteiger partial charge is 0.397 e. The first kappa shape index (κ1) is 15.5. The molecule has 0 radical (unpaired) electrons. The second-order valence-electron chi connectivity index (χ2n) is 6.09. The number of aromatic nitrogens is 1. The summed E-state index contributed by atoms with van der Waals surface area (Å²) in [4.78, 5) is 20.8. The van der Waals surface area contributed by atoms with E-state index in [2.05, 4.69) is 16.9 Å². The number of anilines is 1. The maximum absolute atomic E-state index is 12.6. The van der Waals surface area contributed by atoms with Crippen molar-refractivity contribution in [1.29, 1.82) is 0 Å². The summed E-state index contributed by atoms with van der Waals surface area (Å²) in [5.41, 5.74) is 10.4. The first-order valence-corrected chi connectivity index (χ1v) is 7.84. The molecule has 1 fully saturated rings. The van der Waals surface area contributed by atoms with Crippen LogP contribution in [0.4, 0.5) is 5.69 Å². The third-order valence-corrected chi connectivity index (χ3v) is 4.41. The zero-order chi connectivity index (χ0) is 16.4. The van der Waals surface area contributed by atoms with Crippen molar-refractivity contribution in [2.75, 3.05) is 39.0 Å². The van der Waals surface area contributed by atoms with Crippen LogP contribution < -0.4 is 5.73 Å². The second kappa shape index (κ2) is 6.38. The molecule has 0 atom stereocenters. The minimum absolute atomic E-state index is 0.107. The molecule has 0 bridgehead atoms. The van der Waals surface area contributed by atoms with Gasteiger partial charge in [0.05, 0.1) is 11.9 Å². The van der Waals surface area contributed by atoms with Gasteiger partial charge in [0.15, 0.2) is 0 Å². The molecule has 0 aliphatic carbocycles. The van der Waals surface area contributed by atoms with Crippen LogP contribution in [-0.4, -0.2) is 53.9 Å². The van der Waals surface area contributed by atoms with Crippen molar-refractivity contribution < 1.29 is 4.79 Å². The Bertz CT molecular complexity index is 721. The molecule has 2 N–H and O–H groups in total. The molecule has 1 saturated heterocycles. The van der Waals surface area contributed by atoms with Gasteiger partial charge >= 0.3 is 0 Å². The molecule has 0 unspecified atom stereocenters. The van der Waals surface area contributed by atoms with E-state index in [1.165, 1.54) is 0 Å². The van der Waals surface area contributed by atoms with E-state index in [9.17, 15) is 4.79 Å². The summed E-state index contributed by atoms with van der Waals surface area (Å²) in [5, 5.41) is 0. The smallest absolute Gasteiger partial charge is 0.253 e. The summed E-state index contributed by atoms with van der Waals surface area (Å²) in [5.74, 6) is 0.107. The quantitative estimate of drug-likeness (QED) is 0.922. The molecule has 1 aliphatic heterocycles. The van der Waals surface area contributed by atoms with Crippen molar-refractivity contribution in [1.82, 2.24) is 14.8 Å². The zero-order valence-electron chi connectivity index (χ0n) is 13.6. The van der Waals surface area contributed by atoms with Crippen molar-refractivity contribution in [3.63, 3.8) is 0 Å². The van der Waals surface area contributed by atoms with Gasteiger partial charge in [0.2, 0.25) is 0 Å². The molecule has 2 heterocycles. The molecule has 5 nitrogen and oxygen atoms in total. The summed E-state index contributed by atoms with van der Waals surface area (Å²) >= 11 is 0. The Kier molecular flexibility index (Phi) is 4.30. The molecule has 1 amide bonds. The van der Waals surface area contributed by atoms with Crippen LogP contribution in [-0.2, 0) is 0 Å². The van der Waals surface area contributed by atoms with Gasteiger partial charge in [0.1, 0.15) is 0 Å². The molecule has 0 saturated carbocycles. The summed E-state index contributed by atoms with van der Waals surface area (Å²) < 4.78 is 0. The maximum Gasteiger partial charge on any atom is 0.253 e. The third kappa shape index (κ3) is 3.19. The fourth-order valence-corrected chi connectivity index (χ4v) is 2.94. The third-order valence-electron chi connectivity index (χ3n) is 4.41. The molecule has 1 aromatic heterocycles. The molecule has 1 aromatic carbocycles. The van der Waals surface area contributed by atoms with Gasteiger partial charge in [0, 0.05) is 43.5 Å². The number of nitrogens with two attached hydrogens (primary N) is 1. The van der Waals surface area contributed by atoms with E-state index in [4.69, 9.17) is 5.73 Å². The average molecular weight is 310 g/mol. The number of nitrogen functional groups attached to an aromatic ring is 1. The number of hydrogen-bond acceptors (Lipinski definition) is 4. The van der Waals surface area contributed by atoms with E-state index in [-0.39, 0.29) is 5.91 Å². The first-order chi connectivity index (χ1) is 11.1. The molecule has 5 heteroatoms. The van der Waals surface area contributed by atoms with Gasteiger partial charge in [-0.25, -0.2) is 0 Å². The van der Waals surface area contributed by atoms with Gasteiger partial charge in [0.25, 0.3) is 5.91 Å². The number of carbonyl (C=O) groups excluding carboxylic acids is 1. The Balaban J connectivity index is 1.85. The molecule has 2 aromatic rings. The Morgan fingerprint density at radius 2 is 1.87 bits per heavy atom. The number of nitrogens with zero attached hydrogens (tertiary/aromatic N) is 3. The van der Waals surface area contributed by atoms with Gasteiger partial charge in [-0.15, -0.1) is 0 Å². The number of amides is 1. The zero-order valence-corrected chi connectivity index (χ0v) is 13.6. The summed E-state index contributed by atoms with van der Waals surface area (Å²) in [7, 11) is 2.08. The lowest BCUT2D eigenvalue weighted by atomic mass is 9.97. The molecule has 1 aliphatic rings. The van der Waals surface area contributed by atoms with Crippen LogP contribution in [0.3, 0.4) is 0 Å². The Morgan fingerprint density at radius 1 is 1.13 bits per heavy atom. The molecular formula is C18H22N4O. The minimum Gasteiger partial charge on any atom is -0.397 e. The van der Waals surface area contributed by atoms with Crippen LogP contribution in [0.15, 0.2) is 36.7 Å². The summed E-state index contributed by atoms with van der Waals surface area (Å²) in [6.45, 7) is 5.43. The van der Waals surface area contributed by atoms with Crippen LogP contribution in [0.5, 0.6) is 0 Å². The van der Waals surface area contributed by atoms with Crippen molar-refractivity contribution in [3.8, 4) is 11.1 Å². The van der Waals surface area contributed by atoms with E-state index in [1.54, 1.807) is 12.4 Å². The van der Waals surface area contributed by atoms with Crippen LogP contribution in [0.1, 0.15) is 15.9 Å². The lowest BCUT2D eigenvalue weighted by Gasteiger charge is -2.32. The lowest BCUT2D eigenvalue weighted by Crippen LogP contribution is -2.47. The van der Waals surface area contributed by atoms with Crippen molar-refractivity contribution in [3.05, 3.63) is 47.8 Å². The molecule has 23 heavy (non-hydrogen) atoms. The number of hydrogen-bond donors (Lipinski definition) is 1. The van der Waals surface area contributed by atoms with Gasteiger partial charge in [-0.1, -0.05) is 6.07 Å². The SMILES string of the molecule is Cc1cc(C(=O)N2CCN(C)CC2)ccc1-c1ccncc1N. The highest BCUT2D eigenvalue weighted by Crippen LogP contribution is 2.28. The standard InChI is InChI=1S/C18H22N4O/c1-13-11-14(18(23)22-9-7-21(2)8-10-22)3-4-15(13)16-5-6-20-12-17(16)19/h3-6,11-12H,7-10,19H2,1-2H3. The lowest BCUT2D eigenvalue weighted by molar-refractivity contribution is 0.0664. The number of piperazine rings is 1. The van der Waals surface area contributed by atoms with Crippen molar-refractivity contribution in [2.24, 2.45) is 0 Å². The Hall–Kier alpha value is -2.40. The van der Waals surface area contributed by atoms with E-state index < -0.39 is 0 Å². The number of benzene rings is 1. The highest BCUT2D eigenvalue weighted by atomic mass is 16.2. The van der Waals surface area contributed by atoms with E-state index >= 15 is 0 Å². The Labute approximate surface area is 136 Å². The topological polar surface area (TPSA) is 62.5 Å². The summed E-state index contributed by atoms with van der Waals surface area (Å²) in [6, 6.07) is 7.72. The van der Waals surface area contributed by atoms with Gasteiger partial charge in [-0.2, -0.15) is 0 Å².